The van der Waals surface area contributed by atoms with Crippen molar-refractivity contribution in [1.29, 1.82) is 0 Å². The fourth-order valence-corrected chi connectivity index (χ4v) is 5.28. The van der Waals surface area contributed by atoms with Gasteiger partial charge in [0.25, 0.3) is 0 Å². The lowest BCUT2D eigenvalue weighted by Gasteiger charge is -2.23. The maximum Gasteiger partial charge on any atom is 0.248 e. The molecule has 0 radical (unpaired) electrons. The van der Waals surface area contributed by atoms with E-state index < -0.39 is 6.04 Å². The maximum atomic E-state index is 12.8. The molecule has 1 atom stereocenters. The standard InChI is InChI=1S/C20H18ClN3O3S2/c21-17-9-8-16(28-17)14(25)7-10-18(26)24-11-3-5-13(24)19(27)23-20-22-12-4-1-2-6-15(12)29-20/h1-2,4,6,8-9,13H,3,5,7,10-11H2,(H,22,23,27). The molecular weight excluding hydrogens is 430 g/mol. The van der Waals surface area contributed by atoms with E-state index in [0.29, 0.717) is 27.3 Å². The van der Waals surface area contributed by atoms with Crippen LogP contribution in [0.4, 0.5) is 5.13 Å². The Kier molecular flexibility index (Phi) is 5.94. The molecule has 1 aliphatic rings. The molecule has 2 aromatic heterocycles. The SMILES string of the molecule is O=C(CCC(=O)N1CCCC1C(=O)Nc1nc2ccccc2s1)c1ccc(Cl)s1. The molecule has 3 heterocycles. The van der Waals surface area contributed by atoms with Gasteiger partial charge in [-0.3, -0.25) is 14.4 Å². The van der Waals surface area contributed by atoms with E-state index in [9.17, 15) is 14.4 Å². The lowest BCUT2D eigenvalue weighted by Crippen LogP contribution is -2.43. The molecule has 0 aliphatic carbocycles. The second kappa shape index (κ2) is 8.61. The molecule has 0 saturated carbocycles. The number of fused-ring (bicyclic) bond motifs is 1. The minimum Gasteiger partial charge on any atom is -0.331 e. The van der Waals surface area contributed by atoms with E-state index in [0.717, 1.165) is 16.6 Å². The number of anilines is 1. The first-order chi connectivity index (χ1) is 14.0. The van der Waals surface area contributed by atoms with Crippen LogP contribution in [-0.2, 0) is 9.59 Å². The number of hydrogen-bond acceptors (Lipinski definition) is 6. The summed E-state index contributed by atoms with van der Waals surface area (Å²) in [7, 11) is 0. The monoisotopic (exact) mass is 447 g/mol. The van der Waals surface area contributed by atoms with Gasteiger partial charge >= 0.3 is 0 Å². The number of likely N-dealkylation sites (tertiary alicyclic amines) is 1. The Labute approximate surface area is 180 Å². The van der Waals surface area contributed by atoms with Crippen molar-refractivity contribution in [3.63, 3.8) is 0 Å². The first kappa shape index (κ1) is 20.0. The Bertz CT molecular complexity index is 1040. The number of para-hydroxylation sites is 1. The zero-order valence-electron chi connectivity index (χ0n) is 15.4. The van der Waals surface area contributed by atoms with Crippen LogP contribution in [0.1, 0.15) is 35.4 Å². The average Bonchev–Trinajstić information content (AvgIpc) is 3.44. The fraction of sp³-hybridized carbons (Fsp3) is 0.300. The molecule has 6 nitrogen and oxygen atoms in total. The minimum atomic E-state index is -0.527. The number of thiazole rings is 1. The van der Waals surface area contributed by atoms with Gasteiger partial charge in [0.05, 0.1) is 19.4 Å². The second-order valence-corrected chi connectivity index (χ2v) is 9.49. The van der Waals surface area contributed by atoms with Gasteiger partial charge in [0, 0.05) is 19.4 Å². The number of Topliss-reactive ketones (excluding diaryl/α,β-unsaturated/α-hetero) is 1. The van der Waals surface area contributed by atoms with Gasteiger partial charge in [0.1, 0.15) is 6.04 Å². The van der Waals surface area contributed by atoms with Crippen molar-refractivity contribution in [3.05, 3.63) is 45.6 Å². The Morgan fingerprint density at radius 3 is 2.72 bits per heavy atom. The quantitative estimate of drug-likeness (QED) is 0.560. The van der Waals surface area contributed by atoms with Crippen LogP contribution in [0.15, 0.2) is 36.4 Å². The van der Waals surface area contributed by atoms with Gasteiger partial charge in [0.2, 0.25) is 11.8 Å². The summed E-state index contributed by atoms with van der Waals surface area (Å²) in [6, 6.07) is 10.5. The van der Waals surface area contributed by atoms with Crippen molar-refractivity contribution in [2.45, 2.75) is 31.7 Å². The highest BCUT2D eigenvalue weighted by Gasteiger charge is 2.34. The number of rotatable bonds is 6. The van der Waals surface area contributed by atoms with E-state index in [1.807, 2.05) is 24.3 Å². The van der Waals surface area contributed by atoms with Crippen LogP contribution in [0.2, 0.25) is 4.34 Å². The number of carbonyl (C=O) groups excluding carboxylic acids is 3. The summed E-state index contributed by atoms with van der Waals surface area (Å²) in [5, 5.41) is 3.37. The molecule has 0 spiro atoms. The predicted octanol–water partition coefficient (Wildman–Crippen LogP) is 4.60. The smallest absolute Gasteiger partial charge is 0.248 e. The zero-order valence-corrected chi connectivity index (χ0v) is 17.8. The van der Waals surface area contributed by atoms with Gasteiger partial charge in [-0.25, -0.2) is 4.98 Å². The number of benzene rings is 1. The molecule has 29 heavy (non-hydrogen) atoms. The highest BCUT2D eigenvalue weighted by atomic mass is 35.5. The molecule has 1 saturated heterocycles. The van der Waals surface area contributed by atoms with E-state index in [4.69, 9.17) is 11.6 Å². The van der Waals surface area contributed by atoms with Crippen LogP contribution in [0.5, 0.6) is 0 Å². The van der Waals surface area contributed by atoms with Crippen LogP contribution in [0, 0.1) is 0 Å². The number of aromatic nitrogens is 1. The summed E-state index contributed by atoms with van der Waals surface area (Å²) in [5.41, 5.74) is 0.833. The molecule has 1 aromatic carbocycles. The van der Waals surface area contributed by atoms with E-state index in [1.165, 1.54) is 22.7 Å². The summed E-state index contributed by atoms with van der Waals surface area (Å²) >= 11 is 8.48. The predicted molar refractivity (Wildman–Crippen MR) is 116 cm³/mol. The molecule has 0 bridgehead atoms. The number of hydrogen-bond donors (Lipinski definition) is 1. The Morgan fingerprint density at radius 2 is 1.97 bits per heavy atom. The number of carbonyl (C=O) groups is 3. The second-order valence-electron chi connectivity index (χ2n) is 6.75. The normalized spacial score (nSPS) is 16.3. The molecule has 1 unspecified atom stereocenters. The number of nitrogens with one attached hydrogen (secondary N) is 1. The fourth-order valence-electron chi connectivity index (χ4n) is 3.40. The van der Waals surface area contributed by atoms with Crippen molar-refractivity contribution < 1.29 is 14.4 Å². The number of halogens is 1. The third-order valence-corrected chi connectivity index (χ3v) is 7.04. The first-order valence-electron chi connectivity index (χ1n) is 9.26. The molecule has 4 rings (SSSR count). The average molecular weight is 448 g/mol. The van der Waals surface area contributed by atoms with Crippen LogP contribution in [0.25, 0.3) is 10.2 Å². The van der Waals surface area contributed by atoms with Crippen molar-refractivity contribution in [2.24, 2.45) is 0 Å². The van der Waals surface area contributed by atoms with Gasteiger partial charge in [-0.2, -0.15) is 0 Å². The largest absolute Gasteiger partial charge is 0.331 e. The van der Waals surface area contributed by atoms with Gasteiger partial charge in [0.15, 0.2) is 10.9 Å². The van der Waals surface area contributed by atoms with Gasteiger partial charge in [-0.15, -0.1) is 11.3 Å². The van der Waals surface area contributed by atoms with E-state index >= 15 is 0 Å². The van der Waals surface area contributed by atoms with Crippen LogP contribution < -0.4 is 5.32 Å². The highest BCUT2D eigenvalue weighted by molar-refractivity contribution is 7.22. The number of ketones is 1. The highest BCUT2D eigenvalue weighted by Crippen LogP contribution is 2.27. The lowest BCUT2D eigenvalue weighted by molar-refractivity contribution is -0.136. The summed E-state index contributed by atoms with van der Waals surface area (Å²) in [6.07, 6.45) is 1.56. The van der Waals surface area contributed by atoms with Crippen molar-refractivity contribution in [1.82, 2.24) is 9.88 Å². The van der Waals surface area contributed by atoms with E-state index in [1.54, 1.807) is 17.0 Å². The van der Waals surface area contributed by atoms with Crippen molar-refractivity contribution in [3.8, 4) is 0 Å². The van der Waals surface area contributed by atoms with Crippen molar-refractivity contribution >= 4 is 67.2 Å². The van der Waals surface area contributed by atoms with Crippen LogP contribution in [0.3, 0.4) is 0 Å². The zero-order chi connectivity index (χ0) is 20.4. The molecule has 3 aromatic rings. The molecule has 150 valence electrons. The summed E-state index contributed by atoms with van der Waals surface area (Å²) < 4.78 is 1.54. The molecule has 9 heteroatoms. The molecule has 1 aliphatic heterocycles. The summed E-state index contributed by atoms with van der Waals surface area (Å²) in [5.74, 6) is -0.515. The molecule has 2 amide bonds. The number of nitrogens with zero attached hydrogens (tertiary/aromatic N) is 2. The number of thiophene rings is 1. The van der Waals surface area contributed by atoms with Crippen molar-refractivity contribution in [2.75, 3.05) is 11.9 Å². The maximum absolute atomic E-state index is 12.8. The number of amides is 2. The summed E-state index contributed by atoms with van der Waals surface area (Å²) in [6.45, 7) is 0.524. The lowest BCUT2D eigenvalue weighted by atomic mass is 10.1. The third-order valence-electron chi connectivity index (χ3n) is 4.81. The van der Waals surface area contributed by atoms with E-state index in [2.05, 4.69) is 10.3 Å². The topological polar surface area (TPSA) is 79.4 Å². The van der Waals surface area contributed by atoms with Gasteiger partial charge in [-0.1, -0.05) is 35.1 Å². The molecule has 1 fully saturated rings. The molecule has 1 N–H and O–H groups in total. The van der Waals surface area contributed by atoms with E-state index in [-0.39, 0.29) is 30.4 Å². The third kappa shape index (κ3) is 4.49. The summed E-state index contributed by atoms with van der Waals surface area (Å²) in [4.78, 5) is 44.2. The minimum absolute atomic E-state index is 0.0826. The van der Waals surface area contributed by atoms with Crippen LogP contribution in [-0.4, -0.2) is 40.1 Å². The Morgan fingerprint density at radius 1 is 1.14 bits per heavy atom. The van der Waals surface area contributed by atoms with Gasteiger partial charge < -0.3 is 10.2 Å². The Balaban J connectivity index is 1.36. The Hall–Kier alpha value is -2.29. The van der Waals surface area contributed by atoms with Gasteiger partial charge in [-0.05, 0) is 37.1 Å². The van der Waals surface area contributed by atoms with Crippen LogP contribution >= 0.6 is 34.3 Å². The first-order valence-corrected chi connectivity index (χ1v) is 11.3. The molecular formula is C20H18ClN3O3S2.